The maximum atomic E-state index is 12.6. The van der Waals surface area contributed by atoms with Crippen LogP contribution in [0, 0.1) is 0 Å². The lowest BCUT2D eigenvalue weighted by molar-refractivity contribution is -0.124. The van der Waals surface area contributed by atoms with Gasteiger partial charge in [0.05, 0.1) is 21.3 Å². The normalized spacial score (nSPS) is 10.9. The van der Waals surface area contributed by atoms with E-state index in [0.717, 1.165) is 12.0 Å². The van der Waals surface area contributed by atoms with Crippen LogP contribution in [-0.4, -0.2) is 45.7 Å². The topological polar surface area (TPSA) is 48.0 Å². The molecule has 30 heavy (non-hydrogen) atoms. The lowest BCUT2D eigenvalue weighted by atomic mass is 10.0. The Kier molecular flexibility index (Phi) is 6.96. The molecule has 3 rings (SSSR count). The molecule has 0 aliphatic carbocycles. The van der Waals surface area contributed by atoms with Crippen LogP contribution >= 0.6 is 0 Å². The molecule has 0 aromatic heterocycles. The highest BCUT2D eigenvalue weighted by Crippen LogP contribution is 2.35. The highest BCUT2D eigenvalue weighted by molar-refractivity contribution is 5.92. The van der Waals surface area contributed by atoms with Gasteiger partial charge in [-0.25, -0.2) is 0 Å². The lowest BCUT2D eigenvalue weighted by Gasteiger charge is -2.16. The van der Waals surface area contributed by atoms with E-state index in [2.05, 4.69) is 30.3 Å². The van der Waals surface area contributed by atoms with Gasteiger partial charge in [-0.3, -0.25) is 4.79 Å². The number of hydrogen-bond acceptors (Lipinski definition) is 4. The smallest absolute Gasteiger partial charge is 0.246 e. The molecule has 0 heterocycles. The van der Waals surface area contributed by atoms with Crippen molar-refractivity contribution in [3.8, 4) is 17.2 Å². The van der Waals surface area contributed by atoms with Gasteiger partial charge in [-0.15, -0.1) is 0 Å². The van der Waals surface area contributed by atoms with E-state index in [1.54, 1.807) is 50.5 Å². The van der Waals surface area contributed by atoms with E-state index in [9.17, 15) is 4.79 Å². The second kappa shape index (κ2) is 9.83. The van der Waals surface area contributed by atoms with Crippen molar-refractivity contribution in [2.75, 3.05) is 34.9 Å². The first-order valence-electron chi connectivity index (χ1n) is 9.77. The second-order valence-electron chi connectivity index (χ2n) is 6.93. The van der Waals surface area contributed by atoms with Gasteiger partial charge in [0.2, 0.25) is 5.91 Å². The quantitative estimate of drug-likeness (QED) is 0.515. The van der Waals surface area contributed by atoms with Crippen molar-refractivity contribution in [2.24, 2.45) is 0 Å². The van der Waals surface area contributed by atoms with Crippen LogP contribution in [0.4, 0.5) is 0 Å². The predicted octanol–water partition coefficient (Wildman–Crippen LogP) is 4.58. The number of amides is 1. The predicted molar refractivity (Wildman–Crippen MR) is 120 cm³/mol. The molecule has 0 spiro atoms. The van der Waals surface area contributed by atoms with Crippen LogP contribution in [0.3, 0.4) is 0 Å². The molecule has 0 saturated heterocycles. The fourth-order valence-electron chi connectivity index (χ4n) is 3.38. The van der Waals surface area contributed by atoms with Gasteiger partial charge in [-0.1, -0.05) is 42.5 Å². The molecule has 3 aromatic rings. The molecule has 0 bridgehead atoms. The number of nitrogens with zero attached hydrogens (tertiary/aromatic N) is 1. The highest BCUT2D eigenvalue weighted by Gasteiger charge is 2.11. The van der Waals surface area contributed by atoms with E-state index in [1.165, 1.54) is 16.3 Å². The number of likely N-dealkylation sites (N-methyl/N-ethyl adjacent to an activating group) is 1. The molecule has 0 radical (unpaired) electrons. The van der Waals surface area contributed by atoms with Crippen molar-refractivity contribution >= 4 is 22.8 Å². The van der Waals surface area contributed by atoms with Gasteiger partial charge >= 0.3 is 0 Å². The van der Waals surface area contributed by atoms with Gasteiger partial charge in [0.1, 0.15) is 5.75 Å². The molecule has 0 aliphatic heterocycles. The van der Waals surface area contributed by atoms with E-state index in [-0.39, 0.29) is 5.91 Å². The molecule has 0 unspecified atom stereocenters. The number of methoxy groups -OCH3 is 3. The number of fused-ring (bicyclic) bond motifs is 1. The summed E-state index contributed by atoms with van der Waals surface area (Å²) in [4.78, 5) is 14.3. The number of hydrogen-bond donors (Lipinski definition) is 0. The van der Waals surface area contributed by atoms with Crippen molar-refractivity contribution in [3.05, 3.63) is 71.8 Å². The highest BCUT2D eigenvalue weighted by atomic mass is 16.5. The molecule has 0 saturated carbocycles. The van der Waals surface area contributed by atoms with Gasteiger partial charge in [-0.2, -0.15) is 0 Å². The van der Waals surface area contributed by atoms with E-state index in [1.807, 2.05) is 19.2 Å². The third kappa shape index (κ3) is 4.74. The van der Waals surface area contributed by atoms with Gasteiger partial charge in [0.15, 0.2) is 11.5 Å². The molecule has 0 atom stereocenters. The van der Waals surface area contributed by atoms with Crippen molar-refractivity contribution < 1.29 is 19.0 Å². The van der Waals surface area contributed by atoms with Gasteiger partial charge in [0, 0.05) is 31.3 Å². The Hall–Kier alpha value is -3.47. The standard InChI is InChI=1S/C25H27NO4/c1-26(15-14-19-10-7-9-18-8-5-6-11-21(18)19)25(27)13-12-20-16-23(29-3)24(30-4)17-22(20)28-2/h5-13,16-17H,14-15H2,1-4H3/b13-12+. The summed E-state index contributed by atoms with van der Waals surface area (Å²) in [6.07, 6.45) is 4.07. The minimum atomic E-state index is -0.0768. The largest absolute Gasteiger partial charge is 0.496 e. The van der Waals surface area contributed by atoms with Crippen molar-refractivity contribution in [1.29, 1.82) is 0 Å². The Bertz CT molecular complexity index is 1050. The zero-order valence-corrected chi connectivity index (χ0v) is 17.8. The van der Waals surface area contributed by atoms with Gasteiger partial charge < -0.3 is 19.1 Å². The van der Waals surface area contributed by atoms with Crippen LogP contribution in [-0.2, 0) is 11.2 Å². The molecule has 156 valence electrons. The molecular weight excluding hydrogens is 378 g/mol. The summed E-state index contributed by atoms with van der Waals surface area (Å²) in [5.41, 5.74) is 1.98. The summed E-state index contributed by atoms with van der Waals surface area (Å²) < 4.78 is 16.1. The maximum Gasteiger partial charge on any atom is 0.246 e. The average molecular weight is 405 g/mol. The zero-order chi connectivity index (χ0) is 21.5. The third-order valence-electron chi connectivity index (χ3n) is 5.11. The Labute approximate surface area is 177 Å². The van der Waals surface area contributed by atoms with Crippen LogP contribution < -0.4 is 14.2 Å². The van der Waals surface area contributed by atoms with Gasteiger partial charge in [0.25, 0.3) is 0 Å². The second-order valence-corrected chi connectivity index (χ2v) is 6.93. The summed E-state index contributed by atoms with van der Waals surface area (Å²) in [7, 11) is 6.53. The van der Waals surface area contributed by atoms with Crippen LogP contribution in [0.2, 0.25) is 0 Å². The fraction of sp³-hybridized carbons (Fsp3) is 0.240. The first-order chi connectivity index (χ1) is 14.6. The molecule has 0 fully saturated rings. The summed E-state index contributed by atoms with van der Waals surface area (Å²) in [5, 5.41) is 2.44. The van der Waals surface area contributed by atoms with E-state index in [4.69, 9.17) is 14.2 Å². The fourth-order valence-corrected chi connectivity index (χ4v) is 3.38. The average Bonchev–Trinajstić information content (AvgIpc) is 2.80. The van der Waals surface area contributed by atoms with Crippen LogP contribution in [0.15, 0.2) is 60.7 Å². The Balaban J connectivity index is 1.70. The summed E-state index contributed by atoms with van der Waals surface area (Å²) >= 11 is 0. The minimum absolute atomic E-state index is 0.0768. The summed E-state index contributed by atoms with van der Waals surface area (Å²) in [6.45, 7) is 0.625. The molecule has 3 aromatic carbocycles. The third-order valence-corrected chi connectivity index (χ3v) is 5.11. The molecule has 5 heteroatoms. The van der Waals surface area contributed by atoms with E-state index in [0.29, 0.717) is 23.8 Å². The molecule has 5 nitrogen and oxygen atoms in total. The van der Waals surface area contributed by atoms with Crippen molar-refractivity contribution in [2.45, 2.75) is 6.42 Å². The Morgan fingerprint density at radius 2 is 1.57 bits per heavy atom. The Morgan fingerprint density at radius 1 is 0.900 bits per heavy atom. The summed E-state index contributed by atoms with van der Waals surface area (Å²) in [5.74, 6) is 1.68. The van der Waals surface area contributed by atoms with Crippen LogP contribution in [0.5, 0.6) is 17.2 Å². The monoisotopic (exact) mass is 405 g/mol. The lowest BCUT2D eigenvalue weighted by Crippen LogP contribution is -2.27. The molecule has 1 amide bonds. The Morgan fingerprint density at radius 3 is 2.30 bits per heavy atom. The van der Waals surface area contributed by atoms with Crippen LogP contribution in [0.1, 0.15) is 11.1 Å². The van der Waals surface area contributed by atoms with Gasteiger partial charge in [-0.05, 0) is 34.9 Å². The first kappa shape index (κ1) is 21.2. The molecule has 0 aliphatic rings. The van der Waals surface area contributed by atoms with Crippen LogP contribution in [0.25, 0.3) is 16.8 Å². The van der Waals surface area contributed by atoms with Crippen molar-refractivity contribution in [3.63, 3.8) is 0 Å². The number of carbonyl (C=O) groups is 1. The number of carbonyl (C=O) groups excluding carboxylic acids is 1. The first-order valence-corrected chi connectivity index (χ1v) is 9.77. The molecular formula is C25H27NO4. The number of rotatable bonds is 8. The van der Waals surface area contributed by atoms with E-state index >= 15 is 0 Å². The van der Waals surface area contributed by atoms with Crippen molar-refractivity contribution in [1.82, 2.24) is 4.90 Å². The minimum Gasteiger partial charge on any atom is -0.496 e. The summed E-state index contributed by atoms with van der Waals surface area (Å²) in [6, 6.07) is 18.1. The van der Waals surface area contributed by atoms with E-state index < -0.39 is 0 Å². The zero-order valence-electron chi connectivity index (χ0n) is 17.8. The molecule has 0 N–H and O–H groups in total. The number of ether oxygens (including phenoxy) is 3. The number of benzene rings is 3. The SMILES string of the molecule is COc1cc(OC)c(OC)cc1/C=C/C(=O)N(C)CCc1cccc2ccccc12. The maximum absolute atomic E-state index is 12.6.